The summed E-state index contributed by atoms with van der Waals surface area (Å²) in [5, 5.41) is 0.496. The molecule has 0 aliphatic carbocycles. The third-order valence-corrected chi connectivity index (χ3v) is 3.73. The molecule has 2 aromatic heterocycles. The van der Waals surface area contributed by atoms with Crippen LogP contribution in [-0.4, -0.2) is 23.4 Å². The van der Waals surface area contributed by atoms with E-state index in [1.165, 1.54) is 11.3 Å². The van der Waals surface area contributed by atoms with Crippen molar-refractivity contribution in [2.24, 2.45) is 0 Å². The van der Waals surface area contributed by atoms with Gasteiger partial charge in [-0.15, -0.1) is 11.3 Å². The Kier molecular flexibility index (Phi) is 2.97. The molecule has 4 nitrogen and oxygen atoms in total. The standard InChI is InChI=1S/C14H10N2O2S/c1-18-11-4-10(6-15-7-11)9-2-3-12-13(5-9)19-14(8-17)16-12/h2-8H,1H3. The van der Waals surface area contributed by atoms with E-state index in [1.807, 2.05) is 24.3 Å². The molecule has 0 aliphatic heterocycles. The molecule has 3 aromatic rings. The van der Waals surface area contributed by atoms with Gasteiger partial charge in [-0.05, 0) is 23.8 Å². The first kappa shape index (κ1) is 11.8. The summed E-state index contributed by atoms with van der Waals surface area (Å²) in [6.45, 7) is 0. The van der Waals surface area contributed by atoms with Gasteiger partial charge in [0.25, 0.3) is 0 Å². The SMILES string of the molecule is COc1cncc(-c2ccc3nc(C=O)sc3c2)c1. The molecule has 19 heavy (non-hydrogen) atoms. The highest BCUT2D eigenvalue weighted by molar-refractivity contribution is 7.20. The maximum Gasteiger partial charge on any atom is 0.178 e. The second kappa shape index (κ2) is 4.78. The van der Waals surface area contributed by atoms with Gasteiger partial charge in [-0.3, -0.25) is 9.78 Å². The van der Waals surface area contributed by atoms with Gasteiger partial charge >= 0.3 is 0 Å². The summed E-state index contributed by atoms with van der Waals surface area (Å²) in [6, 6.07) is 7.81. The Bertz CT molecular complexity index is 752. The van der Waals surface area contributed by atoms with Gasteiger partial charge in [-0.2, -0.15) is 0 Å². The Balaban J connectivity index is 2.11. The van der Waals surface area contributed by atoms with E-state index >= 15 is 0 Å². The number of ether oxygens (including phenoxy) is 1. The zero-order valence-corrected chi connectivity index (χ0v) is 11.0. The van der Waals surface area contributed by atoms with Crippen LogP contribution in [0.3, 0.4) is 0 Å². The summed E-state index contributed by atoms with van der Waals surface area (Å²) >= 11 is 1.39. The number of rotatable bonds is 3. The minimum atomic E-state index is 0.496. The Morgan fingerprint density at radius 3 is 2.89 bits per heavy atom. The van der Waals surface area contributed by atoms with E-state index in [4.69, 9.17) is 4.74 Å². The number of carbonyl (C=O) groups excluding carboxylic acids is 1. The molecule has 2 heterocycles. The number of thiazole rings is 1. The van der Waals surface area contributed by atoms with E-state index in [9.17, 15) is 4.79 Å². The number of benzene rings is 1. The predicted molar refractivity (Wildman–Crippen MR) is 74.8 cm³/mol. The van der Waals surface area contributed by atoms with Crippen LogP contribution in [0.5, 0.6) is 5.75 Å². The zero-order valence-electron chi connectivity index (χ0n) is 10.2. The molecule has 0 atom stereocenters. The quantitative estimate of drug-likeness (QED) is 0.686. The summed E-state index contributed by atoms with van der Waals surface area (Å²) in [6.07, 6.45) is 4.22. The smallest absolute Gasteiger partial charge is 0.178 e. The van der Waals surface area contributed by atoms with Gasteiger partial charge in [0.15, 0.2) is 11.3 Å². The highest BCUT2D eigenvalue weighted by Crippen LogP contribution is 2.28. The second-order valence-corrected chi connectivity index (χ2v) is 5.03. The first-order valence-corrected chi connectivity index (χ1v) is 6.47. The zero-order chi connectivity index (χ0) is 13.2. The van der Waals surface area contributed by atoms with Gasteiger partial charge < -0.3 is 4.74 Å². The minimum Gasteiger partial charge on any atom is -0.495 e. The Hall–Kier alpha value is -2.27. The maximum absolute atomic E-state index is 10.7. The van der Waals surface area contributed by atoms with Crippen LogP contribution in [0.1, 0.15) is 9.80 Å². The normalized spacial score (nSPS) is 10.6. The van der Waals surface area contributed by atoms with Crippen molar-refractivity contribution >= 4 is 27.8 Å². The van der Waals surface area contributed by atoms with Crippen molar-refractivity contribution in [1.29, 1.82) is 0 Å². The molecule has 3 rings (SSSR count). The third kappa shape index (κ3) is 2.20. The molecule has 5 heteroatoms. The molecule has 0 spiro atoms. The Morgan fingerprint density at radius 2 is 2.11 bits per heavy atom. The lowest BCUT2D eigenvalue weighted by Crippen LogP contribution is -1.86. The van der Waals surface area contributed by atoms with Crippen LogP contribution in [0.4, 0.5) is 0 Å². The highest BCUT2D eigenvalue weighted by atomic mass is 32.1. The van der Waals surface area contributed by atoms with Gasteiger partial charge in [0, 0.05) is 11.8 Å². The monoisotopic (exact) mass is 270 g/mol. The summed E-state index contributed by atoms with van der Waals surface area (Å²) in [5.41, 5.74) is 2.84. The lowest BCUT2D eigenvalue weighted by molar-refractivity contribution is 0.112. The molecule has 0 saturated carbocycles. The fourth-order valence-electron chi connectivity index (χ4n) is 1.86. The molecule has 1 aromatic carbocycles. The largest absolute Gasteiger partial charge is 0.495 e. The first-order chi connectivity index (χ1) is 9.30. The number of hydrogen-bond acceptors (Lipinski definition) is 5. The Morgan fingerprint density at radius 1 is 1.21 bits per heavy atom. The molecule has 0 saturated heterocycles. The number of methoxy groups -OCH3 is 1. The number of nitrogens with zero attached hydrogens (tertiary/aromatic N) is 2. The van der Waals surface area contributed by atoms with E-state index in [2.05, 4.69) is 9.97 Å². The van der Waals surface area contributed by atoms with Crippen molar-refractivity contribution in [1.82, 2.24) is 9.97 Å². The molecular weight excluding hydrogens is 260 g/mol. The van der Waals surface area contributed by atoms with Crippen molar-refractivity contribution in [3.8, 4) is 16.9 Å². The summed E-state index contributed by atoms with van der Waals surface area (Å²) in [7, 11) is 1.61. The number of hydrogen-bond donors (Lipinski definition) is 0. The molecule has 0 bridgehead atoms. The minimum absolute atomic E-state index is 0.496. The lowest BCUT2D eigenvalue weighted by atomic mass is 10.1. The fourth-order valence-corrected chi connectivity index (χ4v) is 2.68. The van der Waals surface area contributed by atoms with Gasteiger partial charge in [0.05, 0.1) is 23.5 Å². The van der Waals surface area contributed by atoms with E-state index in [0.29, 0.717) is 5.01 Å². The predicted octanol–water partition coefficient (Wildman–Crippen LogP) is 3.18. The van der Waals surface area contributed by atoms with Crippen LogP contribution >= 0.6 is 11.3 Å². The molecule has 0 radical (unpaired) electrons. The molecule has 0 fully saturated rings. The average molecular weight is 270 g/mol. The van der Waals surface area contributed by atoms with Crippen LogP contribution in [0.25, 0.3) is 21.3 Å². The van der Waals surface area contributed by atoms with Crippen molar-refractivity contribution < 1.29 is 9.53 Å². The topological polar surface area (TPSA) is 52.1 Å². The van der Waals surface area contributed by atoms with Crippen molar-refractivity contribution in [2.45, 2.75) is 0 Å². The third-order valence-electron chi connectivity index (χ3n) is 2.79. The fraction of sp³-hybridized carbons (Fsp3) is 0.0714. The summed E-state index contributed by atoms with van der Waals surface area (Å²) < 4.78 is 6.16. The van der Waals surface area contributed by atoms with Crippen LogP contribution in [-0.2, 0) is 0 Å². The number of pyridine rings is 1. The van der Waals surface area contributed by atoms with E-state index in [-0.39, 0.29) is 0 Å². The second-order valence-electron chi connectivity index (χ2n) is 3.97. The van der Waals surface area contributed by atoms with Gasteiger partial charge in [0.2, 0.25) is 0 Å². The highest BCUT2D eigenvalue weighted by Gasteiger charge is 2.06. The van der Waals surface area contributed by atoms with Crippen LogP contribution < -0.4 is 4.74 Å². The van der Waals surface area contributed by atoms with E-state index in [1.54, 1.807) is 19.5 Å². The molecule has 0 amide bonds. The van der Waals surface area contributed by atoms with Gasteiger partial charge in [-0.1, -0.05) is 6.07 Å². The number of fused-ring (bicyclic) bond motifs is 1. The van der Waals surface area contributed by atoms with Crippen LogP contribution in [0.15, 0.2) is 36.7 Å². The first-order valence-electron chi connectivity index (χ1n) is 5.65. The molecule has 0 unspecified atom stereocenters. The molecule has 0 aliphatic rings. The van der Waals surface area contributed by atoms with Crippen molar-refractivity contribution in [2.75, 3.05) is 7.11 Å². The Labute approximate surface area is 113 Å². The molecular formula is C14H10N2O2S. The van der Waals surface area contributed by atoms with Gasteiger partial charge in [-0.25, -0.2) is 4.98 Å². The van der Waals surface area contributed by atoms with E-state index in [0.717, 1.165) is 33.4 Å². The summed E-state index contributed by atoms with van der Waals surface area (Å²) in [4.78, 5) is 19.1. The molecule has 94 valence electrons. The van der Waals surface area contributed by atoms with Crippen LogP contribution in [0, 0.1) is 0 Å². The lowest BCUT2D eigenvalue weighted by Gasteiger charge is -2.03. The number of aldehydes is 1. The maximum atomic E-state index is 10.7. The van der Waals surface area contributed by atoms with E-state index < -0.39 is 0 Å². The number of aromatic nitrogens is 2. The number of carbonyl (C=O) groups is 1. The van der Waals surface area contributed by atoms with Gasteiger partial charge in [0.1, 0.15) is 5.75 Å². The van der Waals surface area contributed by atoms with Crippen molar-refractivity contribution in [3.05, 3.63) is 41.7 Å². The average Bonchev–Trinajstić information content (AvgIpc) is 2.89. The molecule has 0 N–H and O–H groups in total. The van der Waals surface area contributed by atoms with Crippen LogP contribution in [0.2, 0.25) is 0 Å². The summed E-state index contributed by atoms with van der Waals surface area (Å²) in [5.74, 6) is 0.718. The van der Waals surface area contributed by atoms with Crippen molar-refractivity contribution in [3.63, 3.8) is 0 Å².